The highest BCUT2D eigenvalue weighted by Gasteiger charge is 2.30. The number of rotatable bonds is 2. The van der Waals surface area contributed by atoms with Gasteiger partial charge in [0.15, 0.2) is 0 Å². The minimum absolute atomic E-state index is 0.0321. The fourth-order valence-electron chi connectivity index (χ4n) is 1.36. The highest BCUT2D eigenvalue weighted by molar-refractivity contribution is 8.26. The Hall–Kier alpha value is -1.29. The summed E-state index contributed by atoms with van der Waals surface area (Å²) >= 11 is 1.08. The SMILES string of the molecule is CCOC1=NC(c2ccccc2)C(=O)S1. The van der Waals surface area contributed by atoms with Crippen molar-refractivity contribution in [2.75, 3.05) is 6.61 Å². The molecule has 1 heterocycles. The summed E-state index contributed by atoms with van der Waals surface area (Å²) in [5, 5.41) is 0.515. The van der Waals surface area contributed by atoms with Crippen LogP contribution >= 0.6 is 11.8 Å². The number of carbonyl (C=O) groups is 1. The van der Waals surface area contributed by atoms with E-state index in [1.165, 1.54) is 0 Å². The Morgan fingerprint density at radius 3 is 2.80 bits per heavy atom. The lowest BCUT2D eigenvalue weighted by Gasteiger charge is -2.02. The topological polar surface area (TPSA) is 38.7 Å². The van der Waals surface area contributed by atoms with Gasteiger partial charge in [0.05, 0.1) is 6.61 Å². The van der Waals surface area contributed by atoms with Gasteiger partial charge in [-0.05, 0) is 12.5 Å². The lowest BCUT2D eigenvalue weighted by molar-refractivity contribution is -0.111. The van der Waals surface area contributed by atoms with Crippen molar-refractivity contribution in [2.45, 2.75) is 13.0 Å². The molecule has 0 saturated carbocycles. The van der Waals surface area contributed by atoms with Crippen LogP contribution in [0.2, 0.25) is 0 Å². The number of benzene rings is 1. The molecule has 1 aliphatic heterocycles. The monoisotopic (exact) mass is 221 g/mol. The average Bonchev–Trinajstić information content (AvgIpc) is 2.61. The summed E-state index contributed by atoms with van der Waals surface area (Å²) in [5.74, 6) is 0. The van der Waals surface area contributed by atoms with E-state index in [-0.39, 0.29) is 5.12 Å². The van der Waals surface area contributed by atoms with Gasteiger partial charge in [-0.3, -0.25) is 4.79 Å². The van der Waals surface area contributed by atoms with E-state index in [1.807, 2.05) is 37.3 Å². The van der Waals surface area contributed by atoms with Gasteiger partial charge in [0, 0.05) is 11.8 Å². The molecule has 1 unspecified atom stereocenters. The minimum atomic E-state index is -0.391. The maximum atomic E-state index is 11.6. The van der Waals surface area contributed by atoms with Crippen molar-refractivity contribution in [3.63, 3.8) is 0 Å². The van der Waals surface area contributed by atoms with Crippen LogP contribution < -0.4 is 0 Å². The Kier molecular flexibility index (Phi) is 3.06. The second-order valence-corrected chi connectivity index (χ2v) is 4.02. The Labute approximate surface area is 92.5 Å². The molecule has 0 amide bonds. The van der Waals surface area contributed by atoms with Crippen LogP contribution in [-0.2, 0) is 9.53 Å². The molecule has 0 radical (unpaired) electrons. The molecule has 0 fully saturated rings. The smallest absolute Gasteiger partial charge is 0.254 e. The number of nitrogens with zero attached hydrogens (tertiary/aromatic N) is 1. The molecule has 2 rings (SSSR count). The lowest BCUT2D eigenvalue weighted by atomic mass is 10.1. The van der Waals surface area contributed by atoms with E-state index in [0.717, 1.165) is 17.3 Å². The first kappa shape index (κ1) is 10.2. The lowest BCUT2D eigenvalue weighted by Crippen LogP contribution is -2.00. The summed E-state index contributed by atoms with van der Waals surface area (Å²) in [6, 6.07) is 9.15. The van der Waals surface area contributed by atoms with Crippen molar-refractivity contribution in [3.05, 3.63) is 35.9 Å². The van der Waals surface area contributed by atoms with E-state index in [9.17, 15) is 4.79 Å². The van der Waals surface area contributed by atoms with Crippen LogP contribution in [0, 0.1) is 0 Å². The van der Waals surface area contributed by atoms with Gasteiger partial charge < -0.3 is 4.74 Å². The molecule has 1 aromatic carbocycles. The number of thioether (sulfide) groups is 1. The van der Waals surface area contributed by atoms with Crippen LogP contribution in [0.5, 0.6) is 0 Å². The van der Waals surface area contributed by atoms with Crippen LogP contribution in [0.15, 0.2) is 35.3 Å². The van der Waals surface area contributed by atoms with Crippen LogP contribution in [0.25, 0.3) is 0 Å². The zero-order chi connectivity index (χ0) is 10.7. The Morgan fingerprint density at radius 1 is 1.40 bits per heavy atom. The average molecular weight is 221 g/mol. The molecule has 1 atom stereocenters. The third kappa shape index (κ3) is 2.21. The summed E-state index contributed by atoms with van der Waals surface area (Å²) in [4.78, 5) is 15.9. The number of aliphatic imine (C=N–C) groups is 1. The molecule has 4 heteroatoms. The van der Waals surface area contributed by atoms with Crippen LogP contribution in [0.1, 0.15) is 18.5 Å². The van der Waals surface area contributed by atoms with Crippen LogP contribution in [0.4, 0.5) is 0 Å². The summed E-state index contributed by atoms with van der Waals surface area (Å²) < 4.78 is 5.22. The third-order valence-corrected chi connectivity index (χ3v) is 2.85. The molecule has 15 heavy (non-hydrogen) atoms. The van der Waals surface area contributed by atoms with E-state index < -0.39 is 6.04 Å². The zero-order valence-electron chi connectivity index (χ0n) is 8.34. The Balaban J connectivity index is 2.20. The molecule has 1 aliphatic rings. The number of hydrogen-bond donors (Lipinski definition) is 0. The van der Waals surface area contributed by atoms with E-state index in [2.05, 4.69) is 4.99 Å². The maximum Gasteiger partial charge on any atom is 0.254 e. The molecular formula is C11H11NO2S. The number of hydrogen-bond acceptors (Lipinski definition) is 4. The molecule has 0 aromatic heterocycles. The van der Waals surface area contributed by atoms with Crippen LogP contribution in [-0.4, -0.2) is 17.0 Å². The quantitative estimate of drug-likeness (QED) is 0.769. The Morgan fingerprint density at radius 2 is 2.13 bits per heavy atom. The zero-order valence-corrected chi connectivity index (χ0v) is 9.16. The van der Waals surface area contributed by atoms with Gasteiger partial charge in [-0.2, -0.15) is 0 Å². The molecule has 0 N–H and O–H groups in total. The molecule has 78 valence electrons. The van der Waals surface area contributed by atoms with Gasteiger partial charge in [-0.25, -0.2) is 4.99 Å². The van der Waals surface area contributed by atoms with Gasteiger partial charge in [0.2, 0.25) is 5.12 Å². The number of ether oxygens (including phenoxy) is 1. The molecule has 0 spiro atoms. The van der Waals surface area contributed by atoms with Gasteiger partial charge in [-0.1, -0.05) is 30.3 Å². The highest BCUT2D eigenvalue weighted by Crippen LogP contribution is 2.32. The minimum Gasteiger partial charge on any atom is -0.473 e. The molecule has 0 bridgehead atoms. The second-order valence-electron chi connectivity index (χ2n) is 3.06. The largest absolute Gasteiger partial charge is 0.473 e. The maximum absolute atomic E-state index is 11.6. The summed E-state index contributed by atoms with van der Waals surface area (Å²) in [6.07, 6.45) is 0. The second kappa shape index (κ2) is 4.49. The van der Waals surface area contributed by atoms with Crippen molar-refractivity contribution in [2.24, 2.45) is 4.99 Å². The first-order chi connectivity index (χ1) is 7.31. The van der Waals surface area contributed by atoms with Crippen molar-refractivity contribution >= 4 is 22.1 Å². The predicted molar refractivity (Wildman–Crippen MR) is 60.8 cm³/mol. The van der Waals surface area contributed by atoms with Crippen LogP contribution in [0.3, 0.4) is 0 Å². The molecular weight excluding hydrogens is 210 g/mol. The molecule has 3 nitrogen and oxygen atoms in total. The van der Waals surface area contributed by atoms with Gasteiger partial charge in [-0.15, -0.1) is 0 Å². The summed E-state index contributed by atoms with van der Waals surface area (Å²) in [6.45, 7) is 2.42. The summed E-state index contributed by atoms with van der Waals surface area (Å²) in [5.41, 5.74) is 0.921. The van der Waals surface area contributed by atoms with E-state index >= 15 is 0 Å². The first-order valence-corrected chi connectivity index (χ1v) is 5.60. The van der Waals surface area contributed by atoms with Crippen molar-refractivity contribution in [1.82, 2.24) is 0 Å². The van der Waals surface area contributed by atoms with Gasteiger partial charge >= 0.3 is 0 Å². The van der Waals surface area contributed by atoms with E-state index in [0.29, 0.717) is 11.8 Å². The molecule has 1 aromatic rings. The molecule has 0 saturated heterocycles. The number of carbonyl (C=O) groups excluding carboxylic acids is 1. The van der Waals surface area contributed by atoms with Gasteiger partial charge in [0.1, 0.15) is 6.04 Å². The molecule has 0 aliphatic carbocycles. The van der Waals surface area contributed by atoms with E-state index in [1.54, 1.807) is 0 Å². The van der Waals surface area contributed by atoms with E-state index in [4.69, 9.17) is 4.74 Å². The normalized spacial score (nSPS) is 20.2. The first-order valence-electron chi connectivity index (χ1n) is 4.78. The van der Waals surface area contributed by atoms with Gasteiger partial charge in [0.25, 0.3) is 5.23 Å². The Bertz CT molecular complexity index is 389. The van der Waals surface area contributed by atoms with Crippen molar-refractivity contribution < 1.29 is 9.53 Å². The van der Waals surface area contributed by atoms with Crippen molar-refractivity contribution in [3.8, 4) is 0 Å². The highest BCUT2D eigenvalue weighted by atomic mass is 32.2. The standard InChI is InChI=1S/C11H11NO2S/c1-2-14-11-12-9(10(13)15-11)8-6-4-3-5-7-8/h3-7,9H,2H2,1H3. The fraction of sp³-hybridized carbons (Fsp3) is 0.273. The van der Waals surface area contributed by atoms with Crippen molar-refractivity contribution in [1.29, 1.82) is 0 Å². The summed E-state index contributed by atoms with van der Waals surface area (Å²) in [7, 11) is 0. The third-order valence-electron chi connectivity index (χ3n) is 2.03. The fourth-order valence-corrected chi connectivity index (χ4v) is 2.17. The predicted octanol–water partition coefficient (Wildman–Crippen LogP) is 2.39.